The van der Waals surface area contributed by atoms with E-state index in [0.29, 0.717) is 6.54 Å². The minimum absolute atomic E-state index is 0.0899. The summed E-state index contributed by atoms with van der Waals surface area (Å²) in [6, 6.07) is 11.7. The van der Waals surface area contributed by atoms with Crippen molar-refractivity contribution in [3.8, 4) is 0 Å². The Kier molecular flexibility index (Phi) is 5.18. The van der Waals surface area contributed by atoms with Gasteiger partial charge in [0.15, 0.2) is 5.78 Å². The molecular formula is C21H24N2O2S. The van der Waals surface area contributed by atoms with Gasteiger partial charge in [-0.3, -0.25) is 14.5 Å². The molecule has 3 heterocycles. The zero-order valence-electron chi connectivity index (χ0n) is 14.9. The average molecular weight is 369 g/mol. The van der Waals surface area contributed by atoms with Crippen LogP contribution < -0.4 is 0 Å². The highest BCUT2D eigenvalue weighted by atomic mass is 32.1. The number of thiophene rings is 1. The van der Waals surface area contributed by atoms with E-state index in [4.69, 9.17) is 0 Å². The third-order valence-electron chi connectivity index (χ3n) is 5.54. The summed E-state index contributed by atoms with van der Waals surface area (Å²) < 4.78 is 0. The molecule has 1 amide bonds. The van der Waals surface area contributed by atoms with Gasteiger partial charge in [-0.2, -0.15) is 0 Å². The van der Waals surface area contributed by atoms with E-state index in [1.54, 1.807) is 11.3 Å². The number of rotatable bonds is 4. The van der Waals surface area contributed by atoms with Gasteiger partial charge >= 0.3 is 0 Å². The highest BCUT2D eigenvalue weighted by Crippen LogP contribution is 2.25. The highest BCUT2D eigenvalue weighted by molar-refractivity contribution is 7.10. The number of amides is 1. The lowest BCUT2D eigenvalue weighted by Gasteiger charge is -2.33. The van der Waals surface area contributed by atoms with Crippen LogP contribution in [0.5, 0.6) is 0 Å². The first-order valence-corrected chi connectivity index (χ1v) is 10.2. The van der Waals surface area contributed by atoms with E-state index in [1.807, 2.05) is 35.2 Å². The monoisotopic (exact) mass is 368 g/mol. The lowest BCUT2D eigenvalue weighted by molar-refractivity contribution is -0.133. The smallest absolute Gasteiger partial charge is 0.237 e. The summed E-state index contributed by atoms with van der Waals surface area (Å²) in [7, 11) is 0. The van der Waals surface area contributed by atoms with Crippen molar-refractivity contribution < 1.29 is 9.59 Å². The summed E-state index contributed by atoms with van der Waals surface area (Å²) in [6.45, 7) is 3.71. The number of nitrogens with zero attached hydrogens (tertiary/aromatic N) is 2. The van der Waals surface area contributed by atoms with Gasteiger partial charge in [0.1, 0.15) is 0 Å². The van der Waals surface area contributed by atoms with Crippen molar-refractivity contribution in [3.05, 3.63) is 57.8 Å². The second-order valence-electron chi connectivity index (χ2n) is 7.22. The molecule has 4 nitrogen and oxygen atoms in total. The van der Waals surface area contributed by atoms with Gasteiger partial charge in [-0.15, -0.1) is 11.3 Å². The molecule has 2 aliphatic heterocycles. The molecule has 0 saturated carbocycles. The van der Waals surface area contributed by atoms with Crippen LogP contribution in [0.4, 0.5) is 0 Å². The summed E-state index contributed by atoms with van der Waals surface area (Å²) in [5.41, 5.74) is 2.11. The lowest BCUT2D eigenvalue weighted by Crippen LogP contribution is -2.45. The Hall–Kier alpha value is -1.98. The number of hydrogen-bond donors (Lipinski definition) is 0. The first kappa shape index (κ1) is 17.4. The van der Waals surface area contributed by atoms with E-state index in [1.165, 1.54) is 10.4 Å². The average Bonchev–Trinajstić information content (AvgIpc) is 3.16. The van der Waals surface area contributed by atoms with E-state index < -0.39 is 0 Å². The van der Waals surface area contributed by atoms with Crippen LogP contribution in [-0.4, -0.2) is 47.7 Å². The van der Waals surface area contributed by atoms with Crippen LogP contribution in [0, 0.1) is 5.92 Å². The normalized spacial score (nSPS) is 18.5. The molecule has 2 aromatic rings. The Morgan fingerprint density at radius 1 is 1.04 bits per heavy atom. The van der Waals surface area contributed by atoms with Crippen molar-refractivity contribution in [1.29, 1.82) is 0 Å². The number of carbonyl (C=O) groups is 2. The maximum Gasteiger partial charge on any atom is 0.237 e. The molecule has 26 heavy (non-hydrogen) atoms. The number of piperidine rings is 1. The molecule has 0 unspecified atom stereocenters. The Morgan fingerprint density at radius 2 is 1.81 bits per heavy atom. The van der Waals surface area contributed by atoms with Crippen molar-refractivity contribution in [3.63, 3.8) is 0 Å². The maximum atomic E-state index is 12.7. The number of likely N-dealkylation sites (tertiary alicyclic amines) is 1. The van der Waals surface area contributed by atoms with Crippen LogP contribution >= 0.6 is 11.3 Å². The summed E-state index contributed by atoms with van der Waals surface area (Å²) >= 11 is 1.80. The number of fused-ring (bicyclic) bond motifs is 1. The second kappa shape index (κ2) is 7.72. The molecule has 1 aromatic heterocycles. The van der Waals surface area contributed by atoms with Gasteiger partial charge in [0.2, 0.25) is 5.91 Å². The van der Waals surface area contributed by atoms with Gasteiger partial charge in [-0.1, -0.05) is 30.3 Å². The third-order valence-corrected chi connectivity index (χ3v) is 6.56. The third kappa shape index (κ3) is 3.74. The maximum absolute atomic E-state index is 12.7. The quantitative estimate of drug-likeness (QED) is 0.778. The SMILES string of the molecule is O=C(c1ccccc1)C1CCN(CC(=O)N2CCc3sccc3C2)CC1. The lowest BCUT2D eigenvalue weighted by atomic mass is 9.89. The molecule has 2 aliphatic rings. The van der Waals surface area contributed by atoms with E-state index >= 15 is 0 Å². The predicted molar refractivity (Wildman–Crippen MR) is 103 cm³/mol. The van der Waals surface area contributed by atoms with Gasteiger partial charge < -0.3 is 4.90 Å². The minimum atomic E-state index is 0.0899. The molecule has 0 bridgehead atoms. The Labute approximate surface area is 158 Å². The number of ketones is 1. The standard InChI is InChI=1S/C21H24N2O2S/c24-20(23-12-8-19-18(14-23)9-13-26-19)15-22-10-6-17(7-11-22)21(25)16-4-2-1-3-5-16/h1-5,9,13,17H,6-8,10-12,14-15H2. The highest BCUT2D eigenvalue weighted by Gasteiger charge is 2.28. The zero-order chi connectivity index (χ0) is 17.9. The van der Waals surface area contributed by atoms with Crippen LogP contribution in [0.2, 0.25) is 0 Å². The van der Waals surface area contributed by atoms with Crippen LogP contribution in [0.3, 0.4) is 0 Å². The van der Waals surface area contributed by atoms with Crippen LogP contribution in [0.1, 0.15) is 33.6 Å². The number of benzene rings is 1. The Morgan fingerprint density at radius 3 is 2.58 bits per heavy atom. The molecule has 0 N–H and O–H groups in total. The van der Waals surface area contributed by atoms with E-state index in [-0.39, 0.29) is 17.6 Å². The molecule has 1 fully saturated rings. The Bertz CT molecular complexity index is 778. The fraction of sp³-hybridized carbons (Fsp3) is 0.429. The molecule has 0 radical (unpaired) electrons. The van der Waals surface area contributed by atoms with Crippen molar-refractivity contribution in [2.24, 2.45) is 5.92 Å². The molecule has 136 valence electrons. The number of carbonyl (C=O) groups excluding carboxylic acids is 2. The number of Topliss-reactive ketones (excluding diaryl/α,β-unsaturated/α-hetero) is 1. The van der Waals surface area contributed by atoms with Crippen LogP contribution in [-0.2, 0) is 17.8 Å². The van der Waals surface area contributed by atoms with Crippen LogP contribution in [0.15, 0.2) is 41.8 Å². The first-order chi connectivity index (χ1) is 12.7. The molecular weight excluding hydrogens is 344 g/mol. The van der Waals surface area contributed by atoms with Gasteiger partial charge in [0, 0.05) is 29.4 Å². The Balaban J connectivity index is 1.28. The topological polar surface area (TPSA) is 40.6 Å². The van der Waals surface area contributed by atoms with E-state index in [9.17, 15) is 9.59 Å². The molecule has 4 rings (SSSR count). The van der Waals surface area contributed by atoms with Crippen molar-refractivity contribution in [2.75, 3.05) is 26.2 Å². The van der Waals surface area contributed by atoms with Gasteiger partial charge in [0.05, 0.1) is 6.54 Å². The van der Waals surface area contributed by atoms with E-state index in [0.717, 1.165) is 51.0 Å². The molecule has 0 aliphatic carbocycles. The number of hydrogen-bond acceptors (Lipinski definition) is 4. The van der Waals surface area contributed by atoms with E-state index in [2.05, 4.69) is 16.3 Å². The summed E-state index contributed by atoms with van der Waals surface area (Å²) in [4.78, 5) is 30.8. The largest absolute Gasteiger partial charge is 0.337 e. The van der Waals surface area contributed by atoms with Gasteiger partial charge in [-0.25, -0.2) is 0 Å². The predicted octanol–water partition coefficient (Wildman–Crippen LogP) is 3.23. The summed E-state index contributed by atoms with van der Waals surface area (Å²) in [5, 5.41) is 2.12. The molecule has 0 spiro atoms. The molecule has 1 saturated heterocycles. The van der Waals surface area contributed by atoms with Crippen molar-refractivity contribution in [2.45, 2.75) is 25.8 Å². The second-order valence-corrected chi connectivity index (χ2v) is 8.22. The minimum Gasteiger partial charge on any atom is -0.337 e. The van der Waals surface area contributed by atoms with Crippen molar-refractivity contribution >= 4 is 23.0 Å². The van der Waals surface area contributed by atoms with Gasteiger partial charge in [0.25, 0.3) is 0 Å². The van der Waals surface area contributed by atoms with Crippen molar-refractivity contribution in [1.82, 2.24) is 9.80 Å². The first-order valence-electron chi connectivity index (χ1n) is 9.35. The summed E-state index contributed by atoms with van der Waals surface area (Å²) in [6.07, 6.45) is 2.66. The fourth-order valence-corrected chi connectivity index (χ4v) is 4.83. The van der Waals surface area contributed by atoms with Crippen LogP contribution in [0.25, 0.3) is 0 Å². The fourth-order valence-electron chi connectivity index (χ4n) is 3.94. The molecule has 5 heteroatoms. The summed E-state index contributed by atoms with van der Waals surface area (Å²) in [5.74, 6) is 0.555. The van der Waals surface area contributed by atoms with Gasteiger partial charge in [-0.05, 0) is 49.4 Å². The molecule has 0 atom stereocenters. The zero-order valence-corrected chi connectivity index (χ0v) is 15.7. The molecule has 1 aromatic carbocycles.